The van der Waals surface area contributed by atoms with Gasteiger partial charge in [0.05, 0.1) is 10.7 Å². The quantitative estimate of drug-likeness (QED) is 0.866. The van der Waals surface area contributed by atoms with Crippen LogP contribution in [0, 0.1) is 19.8 Å². The van der Waals surface area contributed by atoms with E-state index in [0.29, 0.717) is 28.1 Å². The highest BCUT2D eigenvalue weighted by Crippen LogP contribution is 2.27. The summed E-state index contributed by atoms with van der Waals surface area (Å²) in [5, 5.41) is 6.52. The number of halogens is 1. The number of rotatable bonds is 5. The van der Waals surface area contributed by atoms with Crippen molar-refractivity contribution >= 4 is 29.0 Å². The summed E-state index contributed by atoms with van der Waals surface area (Å²) >= 11 is 6.22. The van der Waals surface area contributed by atoms with Gasteiger partial charge in [0.1, 0.15) is 17.8 Å². The number of nitrogens with zero attached hydrogens (tertiary/aromatic N) is 2. The van der Waals surface area contributed by atoms with Crippen molar-refractivity contribution in [2.45, 2.75) is 27.7 Å². The first kappa shape index (κ1) is 17.2. The van der Waals surface area contributed by atoms with Gasteiger partial charge in [0, 0.05) is 12.6 Å². The minimum Gasteiger partial charge on any atom is -0.370 e. The Labute approximate surface area is 141 Å². The Morgan fingerprint density at radius 1 is 1.22 bits per heavy atom. The lowest BCUT2D eigenvalue weighted by Gasteiger charge is -2.12. The zero-order valence-electron chi connectivity index (χ0n) is 13.8. The van der Waals surface area contributed by atoms with Crippen molar-refractivity contribution in [3.63, 3.8) is 0 Å². The van der Waals surface area contributed by atoms with Gasteiger partial charge in [-0.15, -0.1) is 0 Å². The summed E-state index contributed by atoms with van der Waals surface area (Å²) in [5.41, 5.74) is 2.86. The van der Waals surface area contributed by atoms with E-state index in [1.165, 1.54) is 6.33 Å². The van der Waals surface area contributed by atoms with E-state index in [0.717, 1.165) is 17.7 Å². The number of nitrogens with one attached hydrogen (secondary N) is 2. The highest BCUT2D eigenvalue weighted by Gasteiger charge is 2.13. The summed E-state index contributed by atoms with van der Waals surface area (Å²) in [6.45, 7) is 8.85. The fourth-order valence-electron chi connectivity index (χ4n) is 2.14. The van der Waals surface area contributed by atoms with Crippen LogP contribution in [0.15, 0.2) is 24.5 Å². The number of aryl methyl sites for hydroxylation is 2. The van der Waals surface area contributed by atoms with E-state index in [4.69, 9.17) is 11.6 Å². The van der Waals surface area contributed by atoms with Crippen LogP contribution < -0.4 is 10.6 Å². The highest BCUT2D eigenvalue weighted by molar-refractivity contribution is 6.34. The number of carbonyl (C=O) groups is 1. The Morgan fingerprint density at radius 3 is 2.61 bits per heavy atom. The predicted octanol–water partition coefficient (Wildman–Crippen LogP) is 4.07. The van der Waals surface area contributed by atoms with Gasteiger partial charge < -0.3 is 10.6 Å². The maximum Gasteiger partial charge on any atom is 0.274 e. The third kappa shape index (κ3) is 4.66. The molecule has 0 fully saturated rings. The van der Waals surface area contributed by atoms with E-state index >= 15 is 0 Å². The largest absolute Gasteiger partial charge is 0.370 e. The van der Waals surface area contributed by atoms with Crippen LogP contribution in [0.4, 0.5) is 11.5 Å². The molecule has 0 atom stereocenters. The summed E-state index contributed by atoms with van der Waals surface area (Å²) in [6.07, 6.45) is 1.38. The van der Waals surface area contributed by atoms with E-state index < -0.39 is 0 Å². The molecular weight excluding hydrogens is 312 g/mol. The highest BCUT2D eigenvalue weighted by atomic mass is 35.5. The van der Waals surface area contributed by atoms with Gasteiger partial charge in [-0.1, -0.05) is 31.5 Å². The molecule has 0 saturated carbocycles. The molecule has 0 unspecified atom stereocenters. The Kier molecular flexibility index (Phi) is 5.55. The standard InChI is InChI=1S/C17H21ClN4O/c1-10(2)8-19-15-7-14(20-9-21-15)17(23)22-16-12(4)5-11(3)6-13(16)18/h5-7,9-10H,8H2,1-4H3,(H,22,23)(H,19,20,21). The smallest absolute Gasteiger partial charge is 0.274 e. The molecule has 2 rings (SSSR count). The van der Waals surface area contributed by atoms with Crippen molar-refractivity contribution in [3.8, 4) is 0 Å². The van der Waals surface area contributed by atoms with Gasteiger partial charge in [-0.25, -0.2) is 9.97 Å². The van der Waals surface area contributed by atoms with Gasteiger partial charge in [0.2, 0.25) is 0 Å². The number of carbonyl (C=O) groups excluding carboxylic acids is 1. The monoisotopic (exact) mass is 332 g/mol. The topological polar surface area (TPSA) is 66.9 Å². The molecule has 1 aromatic heterocycles. The molecule has 0 spiro atoms. The van der Waals surface area contributed by atoms with Crippen LogP contribution in [0.3, 0.4) is 0 Å². The maximum absolute atomic E-state index is 12.4. The molecule has 2 aromatic rings. The molecule has 1 heterocycles. The molecule has 0 bridgehead atoms. The van der Waals surface area contributed by atoms with Crippen LogP contribution in [0.5, 0.6) is 0 Å². The van der Waals surface area contributed by atoms with E-state index in [1.54, 1.807) is 6.07 Å². The van der Waals surface area contributed by atoms with E-state index in [2.05, 4.69) is 34.4 Å². The zero-order chi connectivity index (χ0) is 17.0. The lowest BCUT2D eigenvalue weighted by molar-refractivity contribution is 0.102. The van der Waals surface area contributed by atoms with E-state index in [-0.39, 0.29) is 5.91 Å². The van der Waals surface area contributed by atoms with Crippen LogP contribution in [-0.4, -0.2) is 22.4 Å². The van der Waals surface area contributed by atoms with Gasteiger partial charge in [0.25, 0.3) is 5.91 Å². The van der Waals surface area contributed by atoms with Crippen molar-refractivity contribution in [2.24, 2.45) is 5.92 Å². The molecule has 2 N–H and O–H groups in total. The number of anilines is 2. The molecule has 23 heavy (non-hydrogen) atoms. The minimum absolute atomic E-state index is 0.294. The number of amides is 1. The van der Waals surface area contributed by atoms with Crippen LogP contribution >= 0.6 is 11.6 Å². The van der Waals surface area contributed by atoms with E-state index in [9.17, 15) is 4.79 Å². The predicted molar refractivity (Wildman–Crippen MR) is 94.2 cm³/mol. The van der Waals surface area contributed by atoms with Gasteiger partial charge in [0.15, 0.2) is 0 Å². The van der Waals surface area contributed by atoms with Gasteiger partial charge in [-0.3, -0.25) is 4.79 Å². The average molecular weight is 333 g/mol. The summed E-state index contributed by atoms with van der Waals surface area (Å²) in [5.74, 6) is 0.802. The van der Waals surface area contributed by atoms with Crippen LogP contribution in [0.25, 0.3) is 0 Å². The van der Waals surface area contributed by atoms with Crippen LogP contribution in [0.1, 0.15) is 35.5 Å². The molecular formula is C17H21ClN4O. The lowest BCUT2D eigenvalue weighted by atomic mass is 10.1. The third-order valence-electron chi connectivity index (χ3n) is 3.26. The first-order valence-corrected chi connectivity index (χ1v) is 7.88. The molecule has 1 aromatic carbocycles. The molecule has 0 radical (unpaired) electrons. The van der Waals surface area contributed by atoms with Crippen molar-refractivity contribution < 1.29 is 4.79 Å². The van der Waals surface area contributed by atoms with Gasteiger partial charge in [-0.2, -0.15) is 0 Å². The normalized spacial score (nSPS) is 10.7. The molecule has 1 amide bonds. The zero-order valence-corrected chi connectivity index (χ0v) is 14.5. The second-order valence-electron chi connectivity index (χ2n) is 5.96. The molecule has 0 aliphatic rings. The Balaban J connectivity index is 2.17. The van der Waals surface area contributed by atoms with Crippen molar-refractivity contribution in [2.75, 3.05) is 17.2 Å². The Morgan fingerprint density at radius 2 is 1.96 bits per heavy atom. The van der Waals surface area contributed by atoms with Crippen LogP contribution in [0.2, 0.25) is 5.02 Å². The molecule has 0 aliphatic carbocycles. The summed E-state index contributed by atoms with van der Waals surface area (Å²) in [7, 11) is 0. The molecule has 0 saturated heterocycles. The van der Waals surface area contributed by atoms with Gasteiger partial charge >= 0.3 is 0 Å². The minimum atomic E-state index is -0.311. The SMILES string of the molecule is Cc1cc(C)c(NC(=O)c2cc(NCC(C)C)ncn2)c(Cl)c1. The average Bonchev–Trinajstić information content (AvgIpc) is 2.49. The van der Waals surface area contributed by atoms with Crippen molar-refractivity contribution in [1.82, 2.24) is 9.97 Å². The molecule has 6 heteroatoms. The third-order valence-corrected chi connectivity index (χ3v) is 3.56. The van der Waals surface area contributed by atoms with Crippen molar-refractivity contribution in [3.05, 3.63) is 46.4 Å². The number of benzene rings is 1. The summed E-state index contributed by atoms with van der Waals surface area (Å²) < 4.78 is 0. The van der Waals surface area contributed by atoms with Gasteiger partial charge in [-0.05, 0) is 37.0 Å². The fourth-order valence-corrected chi connectivity index (χ4v) is 2.51. The second-order valence-corrected chi connectivity index (χ2v) is 6.36. The Bertz CT molecular complexity index is 692. The first-order valence-electron chi connectivity index (χ1n) is 7.51. The maximum atomic E-state index is 12.4. The number of hydrogen-bond acceptors (Lipinski definition) is 4. The summed E-state index contributed by atoms with van der Waals surface area (Å²) in [6, 6.07) is 5.42. The molecule has 5 nitrogen and oxygen atoms in total. The van der Waals surface area contributed by atoms with Crippen molar-refractivity contribution in [1.29, 1.82) is 0 Å². The molecule has 0 aliphatic heterocycles. The lowest BCUT2D eigenvalue weighted by Crippen LogP contribution is -2.16. The Hall–Kier alpha value is -2.14. The molecule has 122 valence electrons. The second kappa shape index (κ2) is 7.42. The number of hydrogen-bond donors (Lipinski definition) is 2. The fraction of sp³-hybridized carbons (Fsp3) is 0.353. The first-order chi connectivity index (χ1) is 10.9. The van der Waals surface area contributed by atoms with Crippen LogP contribution in [-0.2, 0) is 0 Å². The van der Waals surface area contributed by atoms with E-state index in [1.807, 2.05) is 26.0 Å². The summed E-state index contributed by atoms with van der Waals surface area (Å²) in [4.78, 5) is 20.6. The number of aromatic nitrogens is 2.